The first-order chi connectivity index (χ1) is 11.4. The molecule has 0 aliphatic carbocycles. The molecule has 0 spiro atoms. The van der Waals surface area contributed by atoms with E-state index >= 15 is 0 Å². The highest BCUT2D eigenvalue weighted by molar-refractivity contribution is 5.78. The maximum absolute atomic E-state index is 12.0. The zero-order chi connectivity index (χ0) is 17.3. The molecule has 6 nitrogen and oxygen atoms in total. The molecule has 2 heterocycles. The highest BCUT2D eigenvalue weighted by Crippen LogP contribution is 2.45. The Morgan fingerprint density at radius 2 is 2.12 bits per heavy atom. The van der Waals surface area contributed by atoms with E-state index in [-0.39, 0.29) is 36.0 Å². The average Bonchev–Trinajstić information content (AvgIpc) is 2.70. The maximum atomic E-state index is 12.0. The second kappa shape index (κ2) is 6.43. The van der Waals surface area contributed by atoms with E-state index in [1.165, 1.54) is 0 Å². The van der Waals surface area contributed by atoms with Gasteiger partial charge in [-0.25, -0.2) is 0 Å². The van der Waals surface area contributed by atoms with Crippen LogP contribution < -0.4 is 15.8 Å². The van der Waals surface area contributed by atoms with Gasteiger partial charge in [-0.15, -0.1) is 0 Å². The van der Waals surface area contributed by atoms with Gasteiger partial charge < -0.3 is 15.8 Å². The predicted octanol–water partition coefficient (Wildman–Crippen LogP) is 1.35. The molecule has 130 valence electrons. The fraction of sp³-hybridized carbons (Fsp3) is 0.556. The number of methoxy groups -OCH3 is 1. The van der Waals surface area contributed by atoms with Crippen molar-refractivity contribution in [2.45, 2.75) is 50.2 Å². The summed E-state index contributed by atoms with van der Waals surface area (Å²) in [6.45, 7) is 2.28. The number of fused-ring (bicyclic) bond motifs is 1. The monoisotopic (exact) mass is 331 g/mol. The largest absolute Gasteiger partial charge is 0.497 e. The Morgan fingerprint density at radius 1 is 1.42 bits per heavy atom. The number of likely N-dealkylation sites (tertiary alicyclic amines) is 1. The zero-order valence-electron chi connectivity index (χ0n) is 14.2. The molecule has 2 saturated heterocycles. The molecule has 3 N–H and O–H groups in total. The van der Waals surface area contributed by atoms with Gasteiger partial charge >= 0.3 is 0 Å². The number of nitrogens with zero attached hydrogens (tertiary/aromatic N) is 1. The van der Waals surface area contributed by atoms with Crippen LogP contribution in [0.2, 0.25) is 0 Å². The second-order valence-electron chi connectivity index (χ2n) is 7.01. The van der Waals surface area contributed by atoms with E-state index in [1.54, 1.807) is 7.11 Å². The van der Waals surface area contributed by atoms with Crippen LogP contribution in [0.4, 0.5) is 0 Å². The van der Waals surface area contributed by atoms with Crippen LogP contribution in [0.5, 0.6) is 5.75 Å². The summed E-state index contributed by atoms with van der Waals surface area (Å²) in [7, 11) is 1.64. The van der Waals surface area contributed by atoms with Crippen molar-refractivity contribution in [3.05, 3.63) is 29.8 Å². The SMILES string of the molecule is COc1ccc([C@@H]2C[C@]3(C)NC(=O)CCC[C@@H]3N2CC(N)=O)cc1. The third-order valence-corrected chi connectivity index (χ3v) is 5.30. The molecule has 0 saturated carbocycles. The normalized spacial score (nSPS) is 30.3. The van der Waals surface area contributed by atoms with Gasteiger partial charge in [0.15, 0.2) is 0 Å². The van der Waals surface area contributed by atoms with E-state index in [4.69, 9.17) is 10.5 Å². The Bertz CT molecular complexity index is 631. The van der Waals surface area contributed by atoms with Crippen molar-refractivity contribution in [2.75, 3.05) is 13.7 Å². The van der Waals surface area contributed by atoms with E-state index in [2.05, 4.69) is 17.1 Å². The molecule has 3 rings (SSSR count). The van der Waals surface area contributed by atoms with Gasteiger partial charge in [0.25, 0.3) is 0 Å². The molecular formula is C18H25N3O3. The minimum Gasteiger partial charge on any atom is -0.497 e. The lowest BCUT2D eigenvalue weighted by molar-refractivity contribution is -0.122. The van der Waals surface area contributed by atoms with Gasteiger partial charge in [0.05, 0.1) is 19.2 Å². The Balaban J connectivity index is 1.94. The minimum atomic E-state index is -0.340. The predicted molar refractivity (Wildman–Crippen MR) is 90.4 cm³/mol. The number of benzene rings is 1. The number of carbonyl (C=O) groups excluding carboxylic acids is 2. The third-order valence-electron chi connectivity index (χ3n) is 5.30. The number of nitrogens with one attached hydrogen (secondary N) is 1. The van der Waals surface area contributed by atoms with Crippen LogP contribution >= 0.6 is 0 Å². The lowest BCUT2D eigenvalue weighted by Gasteiger charge is -2.34. The van der Waals surface area contributed by atoms with Crippen LogP contribution in [0.15, 0.2) is 24.3 Å². The van der Waals surface area contributed by atoms with Gasteiger partial charge in [0, 0.05) is 18.5 Å². The van der Waals surface area contributed by atoms with E-state index in [0.29, 0.717) is 6.42 Å². The molecule has 6 heteroatoms. The Labute approximate surface area is 142 Å². The molecule has 0 aromatic heterocycles. The molecule has 2 amide bonds. The topological polar surface area (TPSA) is 84.7 Å². The molecular weight excluding hydrogens is 306 g/mol. The molecule has 0 bridgehead atoms. The lowest BCUT2D eigenvalue weighted by atomic mass is 9.88. The smallest absolute Gasteiger partial charge is 0.231 e. The molecule has 0 unspecified atom stereocenters. The van der Waals surface area contributed by atoms with E-state index in [1.807, 2.05) is 24.3 Å². The Kier molecular flexibility index (Phi) is 4.49. The van der Waals surface area contributed by atoms with Crippen molar-refractivity contribution < 1.29 is 14.3 Å². The first-order valence-corrected chi connectivity index (χ1v) is 8.42. The van der Waals surface area contributed by atoms with Crippen molar-refractivity contribution in [3.8, 4) is 5.75 Å². The number of ether oxygens (including phenoxy) is 1. The van der Waals surface area contributed by atoms with Gasteiger partial charge in [-0.1, -0.05) is 12.1 Å². The van der Waals surface area contributed by atoms with Crippen molar-refractivity contribution >= 4 is 11.8 Å². The maximum Gasteiger partial charge on any atom is 0.231 e. The number of primary amides is 1. The molecule has 1 aromatic carbocycles. The second-order valence-corrected chi connectivity index (χ2v) is 7.01. The average molecular weight is 331 g/mol. The Hall–Kier alpha value is -2.08. The third kappa shape index (κ3) is 3.11. The molecule has 3 atom stereocenters. The molecule has 2 aliphatic rings. The van der Waals surface area contributed by atoms with Gasteiger partial charge in [-0.05, 0) is 43.9 Å². The van der Waals surface area contributed by atoms with Crippen LogP contribution in [-0.2, 0) is 9.59 Å². The van der Waals surface area contributed by atoms with Crippen LogP contribution in [0.3, 0.4) is 0 Å². The number of rotatable bonds is 4. The summed E-state index contributed by atoms with van der Waals surface area (Å²) in [6, 6.07) is 8.06. The summed E-state index contributed by atoms with van der Waals surface area (Å²) in [4.78, 5) is 25.8. The number of amides is 2. The van der Waals surface area contributed by atoms with Crippen LogP contribution in [0, 0.1) is 0 Å². The molecule has 2 fully saturated rings. The lowest BCUT2D eigenvalue weighted by Crippen LogP contribution is -2.53. The summed E-state index contributed by atoms with van der Waals surface area (Å²) >= 11 is 0. The first-order valence-electron chi connectivity index (χ1n) is 8.42. The fourth-order valence-electron chi connectivity index (χ4n) is 4.23. The van der Waals surface area contributed by atoms with Crippen molar-refractivity contribution in [2.24, 2.45) is 5.73 Å². The van der Waals surface area contributed by atoms with E-state index in [0.717, 1.165) is 30.6 Å². The van der Waals surface area contributed by atoms with E-state index in [9.17, 15) is 9.59 Å². The minimum absolute atomic E-state index is 0.0526. The van der Waals surface area contributed by atoms with Gasteiger partial charge in [-0.3, -0.25) is 14.5 Å². The quantitative estimate of drug-likeness (QED) is 0.872. The fourth-order valence-corrected chi connectivity index (χ4v) is 4.23. The highest BCUT2D eigenvalue weighted by Gasteiger charge is 2.51. The van der Waals surface area contributed by atoms with Crippen LogP contribution in [-0.4, -0.2) is 41.9 Å². The van der Waals surface area contributed by atoms with Gasteiger partial charge in [-0.2, -0.15) is 0 Å². The standard InChI is InChI=1S/C18H25N3O3/c1-18-10-14(12-6-8-13(24-2)9-7-12)21(11-16(19)22)15(18)4-3-5-17(23)20-18/h6-9,14-15H,3-5,10-11H2,1-2H3,(H2,19,22)(H,20,23)/t14-,15-,18-/m0/s1. The van der Waals surface area contributed by atoms with Crippen molar-refractivity contribution in [1.82, 2.24) is 10.2 Å². The molecule has 24 heavy (non-hydrogen) atoms. The van der Waals surface area contributed by atoms with Crippen molar-refractivity contribution in [3.63, 3.8) is 0 Å². The summed E-state index contributed by atoms with van der Waals surface area (Å²) in [6.07, 6.45) is 3.03. The molecule has 2 aliphatic heterocycles. The number of hydrogen-bond donors (Lipinski definition) is 2. The number of hydrogen-bond acceptors (Lipinski definition) is 4. The highest BCUT2D eigenvalue weighted by atomic mass is 16.5. The molecule has 0 radical (unpaired) electrons. The summed E-state index contributed by atoms with van der Waals surface area (Å²) in [5, 5.41) is 3.19. The summed E-state index contributed by atoms with van der Waals surface area (Å²) < 4.78 is 5.22. The van der Waals surface area contributed by atoms with Crippen LogP contribution in [0.1, 0.15) is 44.2 Å². The Morgan fingerprint density at radius 3 is 2.75 bits per heavy atom. The summed E-state index contributed by atoms with van der Waals surface area (Å²) in [5.41, 5.74) is 6.27. The van der Waals surface area contributed by atoms with E-state index < -0.39 is 0 Å². The first kappa shape index (κ1) is 16.8. The molecule has 1 aromatic rings. The summed E-state index contributed by atoms with van der Waals surface area (Å²) in [5.74, 6) is 0.551. The van der Waals surface area contributed by atoms with Gasteiger partial charge in [0.1, 0.15) is 5.75 Å². The number of carbonyl (C=O) groups is 2. The number of nitrogens with two attached hydrogens (primary N) is 1. The van der Waals surface area contributed by atoms with Crippen molar-refractivity contribution in [1.29, 1.82) is 0 Å². The zero-order valence-corrected chi connectivity index (χ0v) is 14.2. The van der Waals surface area contributed by atoms with Gasteiger partial charge in [0.2, 0.25) is 11.8 Å². The van der Waals surface area contributed by atoms with Crippen LogP contribution in [0.25, 0.3) is 0 Å².